The van der Waals surface area contributed by atoms with E-state index in [1.54, 1.807) is 0 Å². The van der Waals surface area contributed by atoms with Crippen molar-refractivity contribution in [3.8, 4) is 0 Å². The van der Waals surface area contributed by atoms with Crippen molar-refractivity contribution < 1.29 is 32.7 Å². The van der Waals surface area contributed by atoms with Crippen LogP contribution >= 0.6 is 0 Å². The normalized spacial score (nSPS) is 16.5. The van der Waals surface area contributed by atoms with E-state index in [0.29, 0.717) is 0 Å². The summed E-state index contributed by atoms with van der Waals surface area (Å²) in [5.74, 6) is -1.26. The van der Waals surface area contributed by atoms with Crippen molar-refractivity contribution in [1.29, 1.82) is 0 Å². The second-order valence-electron chi connectivity index (χ2n) is 4.29. The van der Waals surface area contributed by atoms with Crippen LogP contribution in [0.2, 0.25) is 0 Å². The van der Waals surface area contributed by atoms with E-state index in [9.17, 15) is 12.8 Å². The Morgan fingerprint density at radius 2 is 2.10 bits per heavy atom. The molecule has 0 fully saturated rings. The van der Waals surface area contributed by atoms with Gasteiger partial charge in [0.2, 0.25) is 5.90 Å². The van der Waals surface area contributed by atoms with Crippen molar-refractivity contribution in [1.82, 2.24) is 5.32 Å². The number of oxime groups is 1. The molecule has 0 rings (SSSR count). The van der Waals surface area contributed by atoms with Crippen molar-refractivity contribution in [3.63, 3.8) is 0 Å². The van der Waals surface area contributed by atoms with Crippen LogP contribution in [0.1, 0.15) is 20.3 Å². The second kappa shape index (κ2) is 7.46. The van der Waals surface area contributed by atoms with Crippen LogP contribution in [-0.2, 0) is 14.5 Å². The van der Waals surface area contributed by atoms with Gasteiger partial charge in [-0.1, -0.05) is 5.16 Å². The first-order valence-electron chi connectivity index (χ1n) is 5.55. The highest BCUT2D eigenvalue weighted by atomic mass is 32.2. The molecule has 0 amide bonds. The number of hydrogen-bond acceptors (Lipinski definition) is 8. The summed E-state index contributed by atoms with van der Waals surface area (Å²) in [6.07, 6.45) is 1.77. The molecule has 1 unspecified atom stereocenters. The van der Waals surface area contributed by atoms with E-state index in [2.05, 4.69) is 15.1 Å². The zero-order chi connectivity index (χ0) is 16.0. The van der Waals surface area contributed by atoms with Gasteiger partial charge in [0.25, 0.3) is 0 Å². The van der Waals surface area contributed by atoms with Gasteiger partial charge in [0.1, 0.15) is 10.6 Å². The van der Waals surface area contributed by atoms with Crippen LogP contribution in [0.5, 0.6) is 0 Å². The summed E-state index contributed by atoms with van der Waals surface area (Å²) in [6, 6.07) is 0. The molecule has 8 nitrogen and oxygen atoms in total. The van der Waals surface area contributed by atoms with Crippen molar-refractivity contribution in [2.75, 3.05) is 12.8 Å². The summed E-state index contributed by atoms with van der Waals surface area (Å²) in [5, 5.41) is 31.4. The van der Waals surface area contributed by atoms with Gasteiger partial charge in [-0.3, -0.25) is 0 Å². The molecule has 0 saturated carbocycles. The Morgan fingerprint density at radius 1 is 1.55 bits per heavy atom. The third-order valence-electron chi connectivity index (χ3n) is 2.63. The predicted molar refractivity (Wildman–Crippen MR) is 71.2 cm³/mol. The molecule has 1 atom stereocenters. The Kier molecular flexibility index (Phi) is 6.96. The van der Waals surface area contributed by atoms with Crippen LogP contribution in [0.25, 0.3) is 0 Å². The summed E-state index contributed by atoms with van der Waals surface area (Å²) in [5.41, 5.74) is 0. The molecule has 0 saturated heterocycles. The zero-order valence-electron chi connectivity index (χ0n) is 11.4. The fourth-order valence-electron chi connectivity index (χ4n) is 1.33. The Bertz CT molecular complexity index is 477. The van der Waals surface area contributed by atoms with Crippen LogP contribution in [0, 0.1) is 0 Å². The molecule has 116 valence electrons. The van der Waals surface area contributed by atoms with E-state index in [1.165, 1.54) is 13.8 Å². The first-order valence-corrected chi connectivity index (χ1v) is 7.44. The summed E-state index contributed by atoms with van der Waals surface area (Å²) in [4.78, 5) is 0. The molecular formula is C9H18BFN2O6S. The van der Waals surface area contributed by atoms with Gasteiger partial charge in [-0.05, 0) is 20.3 Å². The van der Waals surface area contributed by atoms with Gasteiger partial charge in [0, 0.05) is 19.0 Å². The smallest absolute Gasteiger partial charge is 0.498 e. The largest absolute Gasteiger partial charge is 0.708 e. The third-order valence-corrected chi connectivity index (χ3v) is 4.64. The van der Waals surface area contributed by atoms with Crippen molar-refractivity contribution >= 4 is 23.1 Å². The van der Waals surface area contributed by atoms with Crippen LogP contribution in [0.15, 0.2) is 17.2 Å². The van der Waals surface area contributed by atoms with Crippen LogP contribution in [0.3, 0.4) is 0 Å². The van der Waals surface area contributed by atoms with Gasteiger partial charge in [0.05, 0.1) is 0 Å². The average molecular weight is 312 g/mol. The molecule has 0 aliphatic rings. The number of halogens is 1. The van der Waals surface area contributed by atoms with Crippen LogP contribution < -0.4 is 5.32 Å². The summed E-state index contributed by atoms with van der Waals surface area (Å²) < 4.78 is 38.7. The fourth-order valence-corrected chi connectivity index (χ4v) is 2.21. The summed E-state index contributed by atoms with van der Waals surface area (Å²) in [7, 11) is -6.15. The number of nitrogens with zero attached hydrogens (tertiary/aromatic N) is 1. The van der Waals surface area contributed by atoms with E-state index in [-0.39, 0.29) is 13.0 Å². The van der Waals surface area contributed by atoms with E-state index in [4.69, 9.17) is 15.3 Å². The minimum atomic E-state index is -3.81. The monoisotopic (exact) mass is 312 g/mol. The third kappa shape index (κ3) is 5.35. The first-order chi connectivity index (χ1) is 9.04. The molecule has 0 radical (unpaired) electrons. The molecule has 4 N–H and O–H groups in total. The second-order valence-corrected chi connectivity index (χ2v) is 6.73. The maximum atomic E-state index is 12.5. The molecule has 0 aromatic rings. The molecule has 11 heteroatoms. The van der Waals surface area contributed by atoms with Gasteiger partial charge < -0.3 is 25.2 Å². The lowest BCUT2D eigenvalue weighted by molar-refractivity contribution is 0.247. The average Bonchev–Trinajstić information content (AvgIpc) is 2.29. The number of allylic oxidation sites excluding steroid dienone is 1. The van der Waals surface area contributed by atoms with E-state index in [0.717, 1.165) is 12.5 Å². The molecule has 0 bridgehead atoms. The van der Waals surface area contributed by atoms with Gasteiger partial charge in [-0.2, -0.15) is 0 Å². The lowest BCUT2D eigenvalue weighted by Gasteiger charge is -2.27. The number of sulfone groups is 1. The van der Waals surface area contributed by atoms with Crippen molar-refractivity contribution in [3.05, 3.63) is 12.0 Å². The fraction of sp³-hybridized carbons (Fsp3) is 0.667. The highest BCUT2D eigenvalue weighted by Gasteiger charge is 2.44. The van der Waals surface area contributed by atoms with Crippen LogP contribution in [-0.4, -0.2) is 54.4 Å². The minimum absolute atomic E-state index is 0.0226. The topological polar surface area (TPSA) is 128 Å². The molecular weight excluding hydrogens is 294 g/mol. The first kappa shape index (κ1) is 18.7. The highest BCUT2D eigenvalue weighted by molar-refractivity contribution is 7.92. The van der Waals surface area contributed by atoms with Gasteiger partial charge >= 0.3 is 7.32 Å². The summed E-state index contributed by atoms with van der Waals surface area (Å²) >= 11 is 0. The Balaban J connectivity index is 5.17. The molecule has 0 spiro atoms. The summed E-state index contributed by atoms with van der Waals surface area (Å²) in [6.45, 7) is 2.41. The standard InChI is InChI=1S/C9H18BFN2O6S/c1-7(11)6-12-5-4-9(2,20(3,17)18)8(13-16)19-10(14)15/h6,12,14-16H,4-5H2,1-3H3/b7-6+,13-8-. The zero-order valence-corrected chi connectivity index (χ0v) is 12.2. The van der Waals surface area contributed by atoms with Gasteiger partial charge in [-0.25, -0.2) is 12.8 Å². The number of hydrogen-bond donors (Lipinski definition) is 4. The Morgan fingerprint density at radius 3 is 2.45 bits per heavy atom. The molecule has 0 aliphatic heterocycles. The van der Waals surface area contributed by atoms with E-state index in [1.807, 2.05) is 0 Å². The van der Waals surface area contributed by atoms with Gasteiger partial charge in [0.15, 0.2) is 9.84 Å². The number of rotatable bonds is 7. The molecule has 0 aromatic carbocycles. The minimum Gasteiger partial charge on any atom is -0.498 e. The lowest BCUT2D eigenvalue weighted by atomic mass is 10.1. The van der Waals surface area contributed by atoms with Crippen LogP contribution in [0.4, 0.5) is 4.39 Å². The molecule has 0 aromatic heterocycles. The van der Waals surface area contributed by atoms with E-state index < -0.39 is 33.6 Å². The van der Waals surface area contributed by atoms with E-state index >= 15 is 0 Å². The Labute approximate surface area is 117 Å². The quantitative estimate of drug-likeness (QED) is 0.123. The Hall–Kier alpha value is -1.33. The predicted octanol–water partition coefficient (Wildman–Crippen LogP) is -0.626. The van der Waals surface area contributed by atoms with Crippen molar-refractivity contribution in [2.45, 2.75) is 25.0 Å². The molecule has 20 heavy (non-hydrogen) atoms. The number of nitrogens with one attached hydrogen (secondary N) is 1. The maximum absolute atomic E-state index is 12.5. The van der Waals surface area contributed by atoms with Crippen molar-refractivity contribution in [2.24, 2.45) is 5.16 Å². The SMILES string of the molecule is C/C(F)=C\NCCC(C)(/C(=N/O)OB(O)O)S(C)(=O)=O. The van der Waals surface area contributed by atoms with Gasteiger partial charge in [-0.15, -0.1) is 0 Å². The lowest BCUT2D eigenvalue weighted by Crippen LogP contribution is -2.48. The molecule has 0 aliphatic carbocycles. The molecule has 0 heterocycles. The maximum Gasteiger partial charge on any atom is 0.708 e. The highest BCUT2D eigenvalue weighted by Crippen LogP contribution is 2.23.